The van der Waals surface area contributed by atoms with E-state index in [0.717, 1.165) is 10.6 Å². The second kappa shape index (κ2) is 5.94. The summed E-state index contributed by atoms with van der Waals surface area (Å²) < 4.78 is 29.2. The van der Waals surface area contributed by atoms with E-state index in [4.69, 9.17) is 5.73 Å². The Labute approximate surface area is 122 Å². The number of hydrogen-bond donors (Lipinski definition) is 2. The van der Waals surface area contributed by atoms with Crippen molar-refractivity contribution < 1.29 is 8.42 Å². The van der Waals surface area contributed by atoms with Crippen LogP contribution < -0.4 is 10.5 Å². The number of hydrogen-bond acceptors (Lipinski definition) is 5. The van der Waals surface area contributed by atoms with Crippen molar-refractivity contribution >= 4 is 27.0 Å². The fourth-order valence-corrected chi connectivity index (χ4v) is 4.30. The predicted molar refractivity (Wildman–Crippen MR) is 80.5 cm³/mol. The lowest BCUT2D eigenvalue weighted by Gasteiger charge is -2.05. The summed E-state index contributed by atoms with van der Waals surface area (Å²) >= 11 is 1.25. The molecule has 0 fully saturated rings. The van der Waals surface area contributed by atoms with Gasteiger partial charge in [0.1, 0.15) is 4.21 Å². The Kier molecular flexibility index (Phi) is 4.46. The largest absolute Gasteiger partial charge is 0.330 e. The molecular weight excluding hydrogens is 296 g/mol. The van der Waals surface area contributed by atoms with Crippen LogP contribution in [0.1, 0.15) is 17.5 Å². The van der Waals surface area contributed by atoms with Crippen molar-refractivity contribution in [1.29, 1.82) is 0 Å². The van der Waals surface area contributed by atoms with Crippen LogP contribution in [0.25, 0.3) is 0 Å². The summed E-state index contributed by atoms with van der Waals surface area (Å²) in [5.74, 6) is 0. The highest BCUT2D eigenvalue weighted by Gasteiger charge is 2.19. The normalized spacial score (nSPS) is 11.8. The first-order chi connectivity index (χ1) is 9.46. The van der Waals surface area contributed by atoms with Crippen molar-refractivity contribution in [2.45, 2.75) is 24.0 Å². The van der Waals surface area contributed by atoms with E-state index in [1.807, 2.05) is 6.92 Å². The summed E-state index contributed by atoms with van der Waals surface area (Å²) in [6.07, 6.45) is 3.03. The maximum atomic E-state index is 12.3. The number of nitrogens with zero attached hydrogens (tertiary/aromatic N) is 2. The number of aryl methyl sites for hydroxylation is 2. The Morgan fingerprint density at radius 2 is 2.20 bits per heavy atom. The fraction of sp³-hybridized carbons (Fsp3) is 0.417. The monoisotopic (exact) mass is 314 g/mol. The van der Waals surface area contributed by atoms with Crippen LogP contribution in [0.5, 0.6) is 0 Å². The summed E-state index contributed by atoms with van der Waals surface area (Å²) in [6.45, 7) is 2.45. The van der Waals surface area contributed by atoms with Gasteiger partial charge in [0.2, 0.25) is 0 Å². The van der Waals surface area contributed by atoms with Gasteiger partial charge in [-0.1, -0.05) is 6.92 Å². The Morgan fingerprint density at radius 3 is 2.85 bits per heavy atom. The minimum absolute atomic E-state index is 0.298. The molecule has 20 heavy (non-hydrogen) atoms. The first-order valence-electron chi connectivity index (χ1n) is 6.30. The van der Waals surface area contributed by atoms with Crippen LogP contribution >= 0.6 is 11.3 Å². The van der Waals surface area contributed by atoms with E-state index >= 15 is 0 Å². The van der Waals surface area contributed by atoms with E-state index in [-0.39, 0.29) is 0 Å². The third kappa shape index (κ3) is 3.20. The number of rotatable bonds is 6. The molecule has 110 valence electrons. The predicted octanol–water partition coefficient (Wildman–Crippen LogP) is 1.35. The van der Waals surface area contributed by atoms with Gasteiger partial charge in [0.15, 0.2) is 0 Å². The van der Waals surface area contributed by atoms with Crippen LogP contribution in [0.2, 0.25) is 0 Å². The van der Waals surface area contributed by atoms with Crippen molar-refractivity contribution in [3.05, 3.63) is 28.9 Å². The van der Waals surface area contributed by atoms with Crippen molar-refractivity contribution in [3.8, 4) is 0 Å². The summed E-state index contributed by atoms with van der Waals surface area (Å²) in [5, 5.41) is 4.22. The van der Waals surface area contributed by atoms with Gasteiger partial charge in [-0.05, 0) is 31.5 Å². The summed E-state index contributed by atoms with van der Waals surface area (Å²) in [4.78, 5) is 0.967. The number of nitrogens with two attached hydrogens (primary N) is 1. The molecule has 0 aliphatic heterocycles. The molecule has 0 amide bonds. The number of thiophene rings is 1. The fourth-order valence-electron chi connectivity index (χ4n) is 1.86. The van der Waals surface area contributed by atoms with Crippen LogP contribution in [0.15, 0.2) is 22.5 Å². The van der Waals surface area contributed by atoms with Crippen LogP contribution in [0.3, 0.4) is 0 Å². The highest BCUT2D eigenvalue weighted by Crippen LogP contribution is 2.25. The molecule has 0 bridgehead atoms. The van der Waals surface area contributed by atoms with Gasteiger partial charge in [0, 0.05) is 18.1 Å². The molecule has 2 aromatic rings. The lowest BCUT2D eigenvalue weighted by Crippen LogP contribution is -2.12. The molecule has 0 saturated heterocycles. The van der Waals surface area contributed by atoms with Crippen LogP contribution in [0.4, 0.5) is 5.69 Å². The second-order valence-electron chi connectivity index (χ2n) is 4.38. The molecule has 0 saturated carbocycles. The Morgan fingerprint density at radius 1 is 1.45 bits per heavy atom. The molecule has 0 spiro atoms. The molecule has 0 atom stereocenters. The zero-order chi connectivity index (χ0) is 14.8. The van der Waals surface area contributed by atoms with Gasteiger partial charge >= 0.3 is 0 Å². The lowest BCUT2D eigenvalue weighted by molar-refractivity contribution is 0.603. The molecule has 0 unspecified atom stereocenters. The number of nitrogens with one attached hydrogen (secondary N) is 1. The van der Waals surface area contributed by atoms with Gasteiger partial charge in [-0.2, -0.15) is 5.10 Å². The van der Waals surface area contributed by atoms with E-state index in [0.29, 0.717) is 29.3 Å². The van der Waals surface area contributed by atoms with E-state index < -0.39 is 10.0 Å². The molecule has 6 nitrogen and oxygen atoms in total. The highest BCUT2D eigenvalue weighted by atomic mass is 32.2. The molecule has 0 aliphatic rings. The third-order valence-corrected chi connectivity index (χ3v) is 5.78. The molecule has 2 heterocycles. The average molecular weight is 314 g/mol. The van der Waals surface area contributed by atoms with Crippen LogP contribution in [-0.4, -0.2) is 24.7 Å². The minimum atomic E-state index is -3.56. The van der Waals surface area contributed by atoms with E-state index in [1.54, 1.807) is 30.1 Å². The molecule has 0 aromatic carbocycles. The summed E-state index contributed by atoms with van der Waals surface area (Å²) in [6, 6.07) is 3.41. The Balaban J connectivity index is 2.25. The van der Waals surface area contributed by atoms with Gasteiger partial charge in [-0.15, -0.1) is 11.3 Å². The topological polar surface area (TPSA) is 90.0 Å². The summed E-state index contributed by atoms with van der Waals surface area (Å²) in [5.41, 5.74) is 6.74. The van der Waals surface area contributed by atoms with E-state index in [9.17, 15) is 8.42 Å². The van der Waals surface area contributed by atoms with Gasteiger partial charge in [0.05, 0.1) is 11.4 Å². The second-order valence-corrected chi connectivity index (χ2v) is 7.46. The molecule has 3 N–H and O–H groups in total. The molecule has 0 radical (unpaired) electrons. The van der Waals surface area contributed by atoms with Crippen LogP contribution in [0, 0.1) is 0 Å². The SMILES string of the molecule is CCc1nn(C)cc1NS(=O)(=O)c1ccc(CCN)s1. The van der Waals surface area contributed by atoms with Crippen LogP contribution in [-0.2, 0) is 29.9 Å². The van der Waals surface area contributed by atoms with Crippen molar-refractivity contribution in [2.24, 2.45) is 12.8 Å². The van der Waals surface area contributed by atoms with Crippen molar-refractivity contribution in [1.82, 2.24) is 9.78 Å². The molecule has 0 aliphatic carbocycles. The van der Waals surface area contributed by atoms with Gasteiger partial charge < -0.3 is 5.73 Å². The van der Waals surface area contributed by atoms with Crippen molar-refractivity contribution in [3.63, 3.8) is 0 Å². The molecule has 2 aromatic heterocycles. The highest BCUT2D eigenvalue weighted by molar-refractivity contribution is 7.94. The first kappa shape index (κ1) is 15.0. The molecule has 2 rings (SSSR count). The maximum Gasteiger partial charge on any atom is 0.271 e. The number of sulfonamides is 1. The van der Waals surface area contributed by atoms with E-state index in [1.165, 1.54) is 11.3 Å². The number of anilines is 1. The van der Waals surface area contributed by atoms with Gasteiger partial charge in [-0.3, -0.25) is 9.40 Å². The Bertz CT molecular complexity index is 688. The lowest BCUT2D eigenvalue weighted by atomic mass is 10.3. The zero-order valence-corrected chi connectivity index (χ0v) is 13.1. The first-order valence-corrected chi connectivity index (χ1v) is 8.60. The van der Waals surface area contributed by atoms with Crippen molar-refractivity contribution in [2.75, 3.05) is 11.3 Å². The number of aromatic nitrogens is 2. The summed E-state index contributed by atoms with van der Waals surface area (Å²) in [7, 11) is -1.79. The molecule has 8 heteroatoms. The quantitative estimate of drug-likeness (QED) is 0.842. The van der Waals surface area contributed by atoms with Gasteiger partial charge in [-0.25, -0.2) is 8.42 Å². The third-order valence-electron chi connectivity index (χ3n) is 2.78. The molecular formula is C12H18N4O2S2. The standard InChI is InChI=1S/C12H18N4O2S2/c1-3-10-11(8-16(2)14-10)15-20(17,18)12-5-4-9(19-12)6-7-13/h4-5,8,15H,3,6-7,13H2,1-2H3. The van der Waals surface area contributed by atoms with Gasteiger partial charge in [0.25, 0.3) is 10.0 Å². The zero-order valence-electron chi connectivity index (χ0n) is 11.5. The van der Waals surface area contributed by atoms with E-state index in [2.05, 4.69) is 9.82 Å². The Hall–Kier alpha value is -1.38. The minimum Gasteiger partial charge on any atom is -0.330 e. The maximum absolute atomic E-state index is 12.3. The smallest absolute Gasteiger partial charge is 0.271 e. The average Bonchev–Trinajstić information content (AvgIpc) is 2.96.